The van der Waals surface area contributed by atoms with E-state index in [-0.39, 0.29) is 12.2 Å². The molecule has 2 heterocycles. The molecule has 0 atom stereocenters. The van der Waals surface area contributed by atoms with Gasteiger partial charge in [-0.1, -0.05) is 18.2 Å². The highest BCUT2D eigenvalue weighted by atomic mass is 19.4. The highest BCUT2D eigenvalue weighted by Gasteiger charge is 2.33. The van der Waals surface area contributed by atoms with Gasteiger partial charge < -0.3 is 4.90 Å². The molecule has 0 bridgehead atoms. The minimum atomic E-state index is -4.61. The van der Waals surface area contributed by atoms with Gasteiger partial charge in [0.25, 0.3) is 0 Å². The van der Waals surface area contributed by atoms with Gasteiger partial charge in [-0.25, -0.2) is 9.48 Å². The van der Waals surface area contributed by atoms with E-state index in [1.165, 1.54) is 34.9 Å². The molecular weight excluding hydrogens is 375 g/mol. The molecule has 0 aliphatic rings. The van der Waals surface area contributed by atoms with Crippen molar-refractivity contribution >= 4 is 11.6 Å². The first-order valence-corrected chi connectivity index (χ1v) is 8.14. The molecule has 0 aliphatic heterocycles. The van der Waals surface area contributed by atoms with Crippen molar-refractivity contribution < 1.29 is 18.0 Å². The van der Waals surface area contributed by atoms with E-state index in [4.69, 9.17) is 5.26 Å². The van der Waals surface area contributed by atoms with Gasteiger partial charge in [0.15, 0.2) is 5.65 Å². The Bertz CT molecular complexity index is 1090. The molecule has 0 N–H and O–H groups in total. The molecule has 3 rings (SSSR count). The zero-order valence-corrected chi connectivity index (χ0v) is 14.4. The third-order valence-electron chi connectivity index (χ3n) is 3.95. The summed E-state index contributed by atoms with van der Waals surface area (Å²) in [6.07, 6.45) is -3.15. The summed E-state index contributed by atoms with van der Waals surface area (Å²) in [6.45, 7) is -2.40. The van der Waals surface area contributed by atoms with Crippen LogP contribution >= 0.6 is 0 Å². The molecule has 0 unspecified atom stereocenters. The number of carbonyl (C=O) groups is 1. The summed E-state index contributed by atoms with van der Waals surface area (Å²) in [7, 11) is 0. The van der Waals surface area contributed by atoms with Gasteiger partial charge in [-0.05, 0) is 29.8 Å². The summed E-state index contributed by atoms with van der Waals surface area (Å²) in [4.78, 5) is 25.4. The normalized spacial score (nSPS) is 11.4. The number of benzene rings is 1. The fourth-order valence-corrected chi connectivity index (χ4v) is 2.65. The number of rotatable bonds is 5. The Balaban J connectivity index is 1.84. The maximum atomic E-state index is 12.9. The number of halogens is 3. The molecule has 144 valence electrons. The van der Waals surface area contributed by atoms with Crippen LogP contribution in [0, 0.1) is 11.3 Å². The minimum Gasteiger partial charge on any atom is -0.328 e. The summed E-state index contributed by atoms with van der Waals surface area (Å²) >= 11 is 0. The van der Waals surface area contributed by atoms with Crippen LogP contribution in [-0.4, -0.2) is 37.7 Å². The van der Waals surface area contributed by atoms with E-state index in [0.717, 1.165) is 4.68 Å². The number of carbonyl (C=O) groups excluding carboxylic acids is 1. The first-order chi connectivity index (χ1) is 13.3. The Morgan fingerprint density at radius 1 is 1.18 bits per heavy atom. The van der Waals surface area contributed by atoms with Gasteiger partial charge in [-0.3, -0.25) is 9.20 Å². The lowest BCUT2D eigenvalue weighted by molar-refractivity contribution is -0.163. The molecule has 2 aromatic heterocycles. The Kier molecular flexibility index (Phi) is 5.17. The van der Waals surface area contributed by atoms with Crippen molar-refractivity contribution in [2.45, 2.75) is 19.3 Å². The zero-order chi connectivity index (χ0) is 20.3. The highest BCUT2D eigenvalue weighted by molar-refractivity contribution is 5.76. The molecule has 1 amide bonds. The summed E-state index contributed by atoms with van der Waals surface area (Å²) in [5, 5.41) is 12.8. The average Bonchev–Trinajstić information content (AvgIpc) is 2.96. The second-order valence-corrected chi connectivity index (χ2v) is 6.04. The Morgan fingerprint density at radius 2 is 1.89 bits per heavy atom. The zero-order valence-electron chi connectivity index (χ0n) is 14.4. The van der Waals surface area contributed by atoms with E-state index in [9.17, 15) is 22.8 Å². The van der Waals surface area contributed by atoms with Crippen LogP contribution in [-0.2, 0) is 17.9 Å². The molecule has 28 heavy (non-hydrogen) atoms. The summed E-state index contributed by atoms with van der Waals surface area (Å²) < 4.78 is 40.9. The van der Waals surface area contributed by atoms with Crippen molar-refractivity contribution in [3.05, 3.63) is 70.3 Å². The number of pyridine rings is 1. The smallest absolute Gasteiger partial charge is 0.328 e. The number of hydrogen-bond donors (Lipinski definition) is 0. The van der Waals surface area contributed by atoms with Crippen LogP contribution in [0.15, 0.2) is 53.5 Å². The third-order valence-corrected chi connectivity index (χ3v) is 3.95. The molecular formula is C18H14F3N5O2. The lowest BCUT2D eigenvalue weighted by Gasteiger charge is -2.24. The standard InChI is InChI=1S/C18H14F3N5O2/c19-18(20,21)12-24(10-14-6-4-13(9-22)5-7-14)16(27)11-26-17(28)25-8-2-1-3-15(25)23-26/h1-8H,10-12H2. The van der Waals surface area contributed by atoms with E-state index in [1.54, 1.807) is 18.2 Å². The number of alkyl halides is 3. The number of aromatic nitrogens is 3. The van der Waals surface area contributed by atoms with E-state index >= 15 is 0 Å². The number of nitriles is 1. The molecule has 0 spiro atoms. The predicted octanol–water partition coefficient (Wildman–Crippen LogP) is 1.96. The van der Waals surface area contributed by atoms with Crippen LogP contribution in [0.2, 0.25) is 0 Å². The quantitative estimate of drug-likeness (QED) is 0.668. The fraction of sp³-hybridized carbons (Fsp3) is 0.222. The molecule has 7 nitrogen and oxygen atoms in total. The molecule has 1 aromatic carbocycles. The molecule has 0 fully saturated rings. The van der Waals surface area contributed by atoms with Gasteiger partial charge >= 0.3 is 11.9 Å². The Labute approximate surface area is 156 Å². The first kappa shape index (κ1) is 19.2. The lowest BCUT2D eigenvalue weighted by Crippen LogP contribution is -2.41. The fourth-order valence-electron chi connectivity index (χ4n) is 2.65. The highest BCUT2D eigenvalue weighted by Crippen LogP contribution is 2.19. The van der Waals surface area contributed by atoms with E-state index in [2.05, 4.69) is 5.10 Å². The molecule has 0 saturated heterocycles. The van der Waals surface area contributed by atoms with E-state index in [1.807, 2.05) is 6.07 Å². The number of fused-ring (bicyclic) bond motifs is 1. The van der Waals surface area contributed by atoms with Crippen molar-refractivity contribution in [1.29, 1.82) is 5.26 Å². The third kappa shape index (κ3) is 4.37. The lowest BCUT2D eigenvalue weighted by atomic mass is 10.1. The van der Waals surface area contributed by atoms with Crippen LogP contribution in [0.1, 0.15) is 11.1 Å². The molecule has 0 aliphatic carbocycles. The van der Waals surface area contributed by atoms with Gasteiger partial charge in [0, 0.05) is 12.7 Å². The molecule has 3 aromatic rings. The number of hydrogen-bond acceptors (Lipinski definition) is 4. The monoisotopic (exact) mass is 389 g/mol. The number of nitrogens with zero attached hydrogens (tertiary/aromatic N) is 5. The Morgan fingerprint density at radius 3 is 2.50 bits per heavy atom. The van der Waals surface area contributed by atoms with E-state index < -0.39 is 30.9 Å². The predicted molar refractivity (Wildman–Crippen MR) is 92.1 cm³/mol. The van der Waals surface area contributed by atoms with Gasteiger partial charge in [0.05, 0.1) is 11.6 Å². The molecule has 10 heteroatoms. The van der Waals surface area contributed by atoms with Crippen LogP contribution in [0.25, 0.3) is 5.65 Å². The molecule has 0 saturated carbocycles. The van der Waals surface area contributed by atoms with Crippen molar-refractivity contribution in [2.24, 2.45) is 0 Å². The van der Waals surface area contributed by atoms with E-state index in [0.29, 0.717) is 16.0 Å². The van der Waals surface area contributed by atoms with Crippen LogP contribution in [0.5, 0.6) is 0 Å². The largest absolute Gasteiger partial charge is 0.406 e. The van der Waals surface area contributed by atoms with Crippen molar-refractivity contribution in [3.8, 4) is 6.07 Å². The Hall–Kier alpha value is -3.61. The maximum absolute atomic E-state index is 12.9. The van der Waals surface area contributed by atoms with Crippen LogP contribution < -0.4 is 5.69 Å². The topological polar surface area (TPSA) is 83.4 Å². The molecule has 0 radical (unpaired) electrons. The van der Waals surface area contributed by atoms with Gasteiger partial charge in [0.2, 0.25) is 5.91 Å². The van der Waals surface area contributed by atoms with Crippen molar-refractivity contribution in [2.75, 3.05) is 6.54 Å². The summed E-state index contributed by atoms with van der Waals surface area (Å²) in [5.41, 5.74) is 0.455. The van der Waals surface area contributed by atoms with Crippen molar-refractivity contribution in [3.63, 3.8) is 0 Å². The van der Waals surface area contributed by atoms with Crippen molar-refractivity contribution in [1.82, 2.24) is 19.1 Å². The van der Waals surface area contributed by atoms with Gasteiger partial charge in [0.1, 0.15) is 13.1 Å². The second-order valence-electron chi connectivity index (χ2n) is 6.04. The minimum absolute atomic E-state index is 0.287. The van der Waals surface area contributed by atoms with Crippen LogP contribution in [0.3, 0.4) is 0 Å². The first-order valence-electron chi connectivity index (χ1n) is 8.14. The second kappa shape index (κ2) is 7.56. The maximum Gasteiger partial charge on any atom is 0.406 e. The summed E-state index contributed by atoms with van der Waals surface area (Å²) in [6, 6.07) is 12.6. The van der Waals surface area contributed by atoms with Gasteiger partial charge in [-0.2, -0.15) is 18.4 Å². The van der Waals surface area contributed by atoms with Gasteiger partial charge in [-0.15, -0.1) is 5.10 Å². The number of amides is 1. The summed E-state index contributed by atoms with van der Waals surface area (Å²) in [5.74, 6) is -0.896. The average molecular weight is 389 g/mol. The SMILES string of the molecule is N#Cc1ccc(CN(CC(F)(F)F)C(=O)Cn2nc3ccccn3c2=O)cc1. The van der Waals surface area contributed by atoms with Crippen LogP contribution in [0.4, 0.5) is 13.2 Å².